The highest BCUT2D eigenvalue weighted by Gasteiger charge is 2.08. The van der Waals surface area contributed by atoms with Crippen LogP contribution in [0.4, 0.5) is 0 Å². The van der Waals surface area contributed by atoms with Crippen molar-refractivity contribution in [2.75, 3.05) is 19.6 Å². The summed E-state index contributed by atoms with van der Waals surface area (Å²) in [5.41, 5.74) is 7.75. The zero-order valence-electron chi connectivity index (χ0n) is 13.1. The van der Waals surface area contributed by atoms with Crippen molar-refractivity contribution in [1.29, 1.82) is 0 Å². The van der Waals surface area contributed by atoms with Gasteiger partial charge in [0.15, 0.2) is 0 Å². The lowest BCUT2D eigenvalue weighted by Crippen LogP contribution is -2.32. The number of H-pyrrole nitrogens is 1. The third-order valence-electron chi connectivity index (χ3n) is 3.58. The van der Waals surface area contributed by atoms with Gasteiger partial charge in [0.25, 0.3) is 5.56 Å². The predicted octanol–water partition coefficient (Wildman–Crippen LogP) is 1.34. The summed E-state index contributed by atoms with van der Waals surface area (Å²) in [6.07, 6.45) is 1.72. The van der Waals surface area contributed by atoms with Crippen LogP contribution in [0.3, 0.4) is 0 Å². The van der Waals surface area contributed by atoms with Crippen LogP contribution >= 0.6 is 0 Å². The van der Waals surface area contributed by atoms with Gasteiger partial charge in [0.1, 0.15) is 5.82 Å². The first-order chi connectivity index (χ1) is 10.7. The number of nitrogens with zero attached hydrogens (tertiary/aromatic N) is 2. The molecule has 2 rings (SSSR count). The molecule has 5 nitrogen and oxygen atoms in total. The van der Waals surface area contributed by atoms with Crippen molar-refractivity contribution in [3.63, 3.8) is 0 Å². The Morgan fingerprint density at radius 1 is 1.23 bits per heavy atom. The van der Waals surface area contributed by atoms with Gasteiger partial charge in [-0.1, -0.05) is 37.3 Å². The molecule has 1 aromatic heterocycles. The van der Waals surface area contributed by atoms with E-state index in [2.05, 4.69) is 27.0 Å². The summed E-state index contributed by atoms with van der Waals surface area (Å²) in [5, 5.41) is 0. The van der Waals surface area contributed by atoms with Gasteiger partial charge in [-0.15, -0.1) is 0 Å². The second kappa shape index (κ2) is 8.46. The molecule has 0 aliphatic carbocycles. The van der Waals surface area contributed by atoms with Gasteiger partial charge in [0.2, 0.25) is 0 Å². The third kappa shape index (κ3) is 5.09. The number of hydrogen-bond donors (Lipinski definition) is 2. The molecule has 0 bridgehead atoms. The van der Waals surface area contributed by atoms with Gasteiger partial charge in [0, 0.05) is 31.4 Å². The Kier molecular flexibility index (Phi) is 6.30. The van der Waals surface area contributed by atoms with Crippen LogP contribution in [0.5, 0.6) is 0 Å². The zero-order chi connectivity index (χ0) is 15.8. The van der Waals surface area contributed by atoms with Crippen LogP contribution in [0.25, 0.3) is 0 Å². The van der Waals surface area contributed by atoms with Crippen LogP contribution in [0, 0.1) is 0 Å². The lowest BCUT2D eigenvalue weighted by molar-refractivity contribution is 0.269. The highest BCUT2D eigenvalue weighted by molar-refractivity contribution is 5.14. The second-order valence-corrected chi connectivity index (χ2v) is 5.34. The molecule has 0 aliphatic heterocycles. The minimum atomic E-state index is -0.0855. The van der Waals surface area contributed by atoms with E-state index in [1.54, 1.807) is 6.07 Å². The van der Waals surface area contributed by atoms with Gasteiger partial charge < -0.3 is 10.7 Å². The Labute approximate surface area is 131 Å². The van der Waals surface area contributed by atoms with Crippen LogP contribution in [0.2, 0.25) is 0 Å². The van der Waals surface area contributed by atoms with E-state index in [9.17, 15) is 4.79 Å². The summed E-state index contributed by atoms with van der Waals surface area (Å²) in [4.78, 5) is 21.2. The molecule has 0 saturated heterocycles. The van der Waals surface area contributed by atoms with Crippen molar-refractivity contribution in [2.24, 2.45) is 5.73 Å². The number of nitrogens with two attached hydrogens (primary N) is 1. The van der Waals surface area contributed by atoms with Gasteiger partial charge >= 0.3 is 0 Å². The average Bonchev–Trinajstić information content (AvgIpc) is 2.53. The van der Waals surface area contributed by atoms with E-state index in [0.29, 0.717) is 18.9 Å². The van der Waals surface area contributed by atoms with Gasteiger partial charge in [0.05, 0.1) is 6.54 Å². The topological polar surface area (TPSA) is 75.0 Å². The molecule has 0 aliphatic rings. The number of hydrogen-bond acceptors (Lipinski definition) is 4. The number of rotatable bonds is 8. The molecule has 3 N–H and O–H groups in total. The molecular formula is C17H24N4O. The van der Waals surface area contributed by atoms with Crippen LogP contribution in [0.1, 0.15) is 24.0 Å². The van der Waals surface area contributed by atoms with Crippen molar-refractivity contribution < 1.29 is 0 Å². The standard InChI is InChI=1S/C17H24N4O/c1-2-15-12-17(22)20-16(19-15)13-21(11-9-18)10-8-14-6-4-3-5-7-14/h3-7,12H,2,8-11,13,18H2,1H3,(H,19,20,22). The van der Waals surface area contributed by atoms with E-state index < -0.39 is 0 Å². The van der Waals surface area contributed by atoms with E-state index in [1.807, 2.05) is 25.1 Å². The summed E-state index contributed by atoms with van der Waals surface area (Å²) < 4.78 is 0. The quantitative estimate of drug-likeness (QED) is 0.771. The van der Waals surface area contributed by atoms with Crippen LogP contribution in [-0.2, 0) is 19.4 Å². The molecule has 1 aromatic carbocycles. The first-order valence-corrected chi connectivity index (χ1v) is 7.76. The van der Waals surface area contributed by atoms with Gasteiger partial charge in [-0.2, -0.15) is 0 Å². The Hall–Kier alpha value is -1.98. The molecule has 0 spiro atoms. The smallest absolute Gasteiger partial charge is 0.251 e. The summed E-state index contributed by atoms with van der Waals surface area (Å²) >= 11 is 0. The Balaban J connectivity index is 2.02. The maximum absolute atomic E-state index is 11.6. The number of aromatic nitrogens is 2. The number of aryl methyl sites for hydroxylation is 1. The molecule has 0 fully saturated rings. The zero-order valence-corrected chi connectivity index (χ0v) is 13.1. The fraction of sp³-hybridized carbons (Fsp3) is 0.412. The van der Waals surface area contributed by atoms with Crippen LogP contribution in [-0.4, -0.2) is 34.5 Å². The van der Waals surface area contributed by atoms with Crippen molar-refractivity contribution in [3.05, 3.63) is 63.8 Å². The third-order valence-corrected chi connectivity index (χ3v) is 3.58. The van der Waals surface area contributed by atoms with Gasteiger partial charge in [-0.25, -0.2) is 4.98 Å². The fourth-order valence-electron chi connectivity index (χ4n) is 2.42. The van der Waals surface area contributed by atoms with E-state index in [1.165, 1.54) is 5.56 Å². The second-order valence-electron chi connectivity index (χ2n) is 5.34. The summed E-state index contributed by atoms with van der Waals surface area (Å²) in [6.45, 7) is 4.88. The maximum Gasteiger partial charge on any atom is 0.251 e. The minimum Gasteiger partial charge on any atom is -0.329 e. The highest BCUT2D eigenvalue weighted by atomic mass is 16.1. The van der Waals surface area contributed by atoms with E-state index in [0.717, 1.165) is 31.6 Å². The first-order valence-electron chi connectivity index (χ1n) is 7.76. The van der Waals surface area contributed by atoms with Crippen LogP contribution in [0.15, 0.2) is 41.2 Å². The summed E-state index contributed by atoms with van der Waals surface area (Å²) in [5.74, 6) is 0.714. The Morgan fingerprint density at radius 3 is 2.68 bits per heavy atom. The van der Waals surface area contributed by atoms with E-state index in [-0.39, 0.29) is 5.56 Å². The number of aromatic amines is 1. The number of nitrogens with one attached hydrogen (secondary N) is 1. The predicted molar refractivity (Wildman–Crippen MR) is 88.7 cm³/mol. The molecule has 22 heavy (non-hydrogen) atoms. The minimum absolute atomic E-state index is 0.0855. The molecule has 0 unspecified atom stereocenters. The molecule has 0 amide bonds. The SMILES string of the molecule is CCc1cc(=O)[nH]c(CN(CCN)CCc2ccccc2)n1. The first kappa shape index (κ1) is 16.4. The fourth-order valence-corrected chi connectivity index (χ4v) is 2.42. The maximum atomic E-state index is 11.6. The molecule has 0 radical (unpaired) electrons. The lowest BCUT2D eigenvalue weighted by atomic mass is 10.1. The summed E-state index contributed by atoms with van der Waals surface area (Å²) in [6, 6.07) is 11.9. The molecule has 5 heteroatoms. The monoisotopic (exact) mass is 300 g/mol. The molecule has 0 saturated carbocycles. The van der Waals surface area contributed by atoms with Crippen molar-refractivity contribution in [3.8, 4) is 0 Å². The summed E-state index contributed by atoms with van der Waals surface area (Å²) in [7, 11) is 0. The average molecular weight is 300 g/mol. The highest BCUT2D eigenvalue weighted by Crippen LogP contribution is 2.04. The van der Waals surface area contributed by atoms with E-state index in [4.69, 9.17) is 5.73 Å². The normalized spacial score (nSPS) is 11.0. The van der Waals surface area contributed by atoms with Crippen molar-refractivity contribution >= 4 is 0 Å². The largest absolute Gasteiger partial charge is 0.329 e. The lowest BCUT2D eigenvalue weighted by Gasteiger charge is -2.21. The Morgan fingerprint density at radius 2 is 2.00 bits per heavy atom. The molecule has 2 aromatic rings. The van der Waals surface area contributed by atoms with E-state index >= 15 is 0 Å². The van der Waals surface area contributed by atoms with Crippen molar-refractivity contribution in [1.82, 2.24) is 14.9 Å². The molecule has 118 valence electrons. The molecule has 0 atom stereocenters. The Bertz CT molecular complexity index is 624. The molecule has 1 heterocycles. The van der Waals surface area contributed by atoms with Gasteiger partial charge in [-0.3, -0.25) is 9.69 Å². The van der Waals surface area contributed by atoms with Crippen LogP contribution < -0.4 is 11.3 Å². The van der Waals surface area contributed by atoms with Crippen molar-refractivity contribution in [2.45, 2.75) is 26.3 Å². The number of benzene rings is 1. The van der Waals surface area contributed by atoms with Gasteiger partial charge in [-0.05, 0) is 18.4 Å². The molecular weight excluding hydrogens is 276 g/mol.